The van der Waals surface area contributed by atoms with Crippen LogP contribution in [0, 0.1) is 0 Å². The van der Waals surface area contributed by atoms with Crippen molar-refractivity contribution in [1.29, 1.82) is 0 Å². The second-order valence-electron chi connectivity index (χ2n) is 8.96. The molecule has 0 radical (unpaired) electrons. The Balaban J connectivity index is 1.66. The first-order valence-electron chi connectivity index (χ1n) is 11.3. The molecule has 1 atom stereocenters. The van der Waals surface area contributed by atoms with Crippen molar-refractivity contribution in [3.8, 4) is 0 Å². The molecule has 174 valence electrons. The van der Waals surface area contributed by atoms with Crippen LogP contribution in [0.5, 0.6) is 0 Å². The number of rotatable bonds is 8. The normalized spacial score (nSPS) is 18.1. The van der Waals surface area contributed by atoms with Crippen molar-refractivity contribution in [1.82, 2.24) is 14.8 Å². The van der Waals surface area contributed by atoms with Gasteiger partial charge in [-0.25, -0.2) is 0 Å². The third-order valence-electron chi connectivity index (χ3n) is 6.17. The molecular formula is C26H30ClN3O3. The van der Waals surface area contributed by atoms with E-state index in [1.807, 2.05) is 73.9 Å². The molecule has 1 unspecified atom stereocenters. The van der Waals surface area contributed by atoms with Crippen molar-refractivity contribution in [3.05, 3.63) is 70.9 Å². The molecule has 2 heterocycles. The van der Waals surface area contributed by atoms with E-state index < -0.39 is 5.54 Å². The van der Waals surface area contributed by atoms with Gasteiger partial charge in [-0.2, -0.15) is 0 Å². The molecule has 4 rings (SSSR count). The number of para-hydroxylation sites is 1. The lowest BCUT2D eigenvalue weighted by atomic mass is 9.93. The predicted octanol–water partition coefficient (Wildman–Crippen LogP) is 4.64. The molecule has 0 fully saturated rings. The number of nitrogens with one attached hydrogen (secondary N) is 1. The molecule has 0 spiro atoms. The molecule has 0 saturated heterocycles. The van der Waals surface area contributed by atoms with Gasteiger partial charge in [0.2, 0.25) is 5.91 Å². The average molecular weight is 468 g/mol. The number of hydrogen-bond donors (Lipinski definition) is 1. The molecule has 1 aliphatic heterocycles. The molecule has 7 heteroatoms. The zero-order valence-corrected chi connectivity index (χ0v) is 20.1. The van der Waals surface area contributed by atoms with Gasteiger partial charge in [-0.1, -0.05) is 48.0 Å². The van der Waals surface area contributed by atoms with E-state index >= 15 is 0 Å². The fourth-order valence-electron chi connectivity index (χ4n) is 4.33. The summed E-state index contributed by atoms with van der Waals surface area (Å²) in [5.41, 5.74) is 1.26. The lowest BCUT2D eigenvalue weighted by Gasteiger charge is -2.44. The van der Waals surface area contributed by atoms with Gasteiger partial charge in [0, 0.05) is 35.6 Å². The van der Waals surface area contributed by atoms with Crippen LogP contribution in [0.1, 0.15) is 43.2 Å². The summed E-state index contributed by atoms with van der Waals surface area (Å²) >= 11 is 6.41. The van der Waals surface area contributed by atoms with Gasteiger partial charge in [-0.3, -0.25) is 9.59 Å². The number of carbonyl (C=O) groups excluding carboxylic acids is 2. The number of aromatic nitrogens is 1. The fourth-order valence-corrected chi connectivity index (χ4v) is 4.53. The lowest BCUT2D eigenvalue weighted by molar-refractivity contribution is -0.133. The van der Waals surface area contributed by atoms with Crippen molar-refractivity contribution in [2.75, 3.05) is 13.2 Å². The average Bonchev–Trinajstić information content (AvgIpc) is 3.15. The van der Waals surface area contributed by atoms with Gasteiger partial charge < -0.3 is 19.5 Å². The zero-order valence-electron chi connectivity index (χ0n) is 19.3. The molecular weight excluding hydrogens is 438 g/mol. The Labute approximate surface area is 199 Å². The molecule has 0 bridgehead atoms. The number of nitrogens with zero attached hydrogens (tertiary/aromatic N) is 2. The van der Waals surface area contributed by atoms with Crippen molar-refractivity contribution >= 4 is 34.3 Å². The Hall–Kier alpha value is -2.83. The van der Waals surface area contributed by atoms with Crippen LogP contribution in [0.3, 0.4) is 0 Å². The van der Waals surface area contributed by atoms with Gasteiger partial charge >= 0.3 is 0 Å². The number of fused-ring (bicyclic) bond motifs is 3. The van der Waals surface area contributed by atoms with Gasteiger partial charge in [0.05, 0.1) is 12.6 Å². The third-order valence-corrected chi connectivity index (χ3v) is 6.54. The van der Waals surface area contributed by atoms with Crippen molar-refractivity contribution in [2.24, 2.45) is 0 Å². The summed E-state index contributed by atoms with van der Waals surface area (Å²) in [5, 5.41) is 4.58. The SMILES string of the molecule is CC(C)OCCCNC(=O)C1(C)Cn2c(cc3ccccc32)C(=O)N1Cc1ccccc1Cl. The Morgan fingerprint density at radius 1 is 1.18 bits per heavy atom. The van der Waals surface area contributed by atoms with Gasteiger partial charge in [-0.05, 0) is 51.0 Å². The smallest absolute Gasteiger partial charge is 0.271 e. The van der Waals surface area contributed by atoms with Crippen LogP contribution in [-0.2, 0) is 22.6 Å². The lowest BCUT2D eigenvalue weighted by Crippen LogP contribution is -2.63. The molecule has 1 aromatic heterocycles. The highest BCUT2D eigenvalue weighted by atomic mass is 35.5. The molecule has 33 heavy (non-hydrogen) atoms. The third kappa shape index (κ3) is 4.63. The maximum Gasteiger partial charge on any atom is 0.271 e. The number of halogens is 1. The predicted molar refractivity (Wildman–Crippen MR) is 130 cm³/mol. The molecule has 1 aliphatic rings. The summed E-state index contributed by atoms with van der Waals surface area (Å²) in [6, 6.07) is 17.2. The summed E-state index contributed by atoms with van der Waals surface area (Å²) < 4.78 is 7.53. The van der Waals surface area contributed by atoms with Crippen molar-refractivity contribution in [3.63, 3.8) is 0 Å². The van der Waals surface area contributed by atoms with Crippen LogP contribution < -0.4 is 5.32 Å². The Bertz CT molecular complexity index is 1170. The second kappa shape index (κ2) is 9.57. The number of benzene rings is 2. The molecule has 3 aromatic rings. The summed E-state index contributed by atoms with van der Waals surface area (Å²) in [6.07, 6.45) is 0.858. The van der Waals surface area contributed by atoms with Crippen molar-refractivity contribution < 1.29 is 14.3 Å². The van der Waals surface area contributed by atoms with Crippen LogP contribution in [0.25, 0.3) is 10.9 Å². The quantitative estimate of drug-likeness (QED) is 0.491. The zero-order chi connectivity index (χ0) is 23.6. The molecule has 0 saturated carbocycles. The van der Waals surface area contributed by atoms with E-state index in [1.165, 1.54) is 0 Å². The second-order valence-corrected chi connectivity index (χ2v) is 9.37. The largest absolute Gasteiger partial charge is 0.379 e. The molecule has 2 amide bonds. The Morgan fingerprint density at radius 3 is 2.67 bits per heavy atom. The molecule has 6 nitrogen and oxygen atoms in total. The summed E-state index contributed by atoms with van der Waals surface area (Å²) in [7, 11) is 0. The maximum atomic E-state index is 13.7. The Kier molecular flexibility index (Phi) is 6.77. The standard InChI is InChI=1S/C26H30ClN3O3/c1-18(2)33-14-8-13-28-25(32)26(3)17-29-22-12-7-5-9-19(22)15-23(29)24(31)30(26)16-20-10-4-6-11-21(20)27/h4-7,9-12,15,18H,8,13-14,16-17H2,1-3H3,(H,28,32). The highest BCUT2D eigenvalue weighted by Crippen LogP contribution is 2.34. The minimum atomic E-state index is -1.08. The minimum Gasteiger partial charge on any atom is -0.379 e. The summed E-state index contributed by atoms with van der Waals surface area (Å²) in [6.45, 7) is 7.47. The maximum absolute atomic E-state index is 13.7. The van der Waals surface area contributed by atoms with Crippen LogP contribution >= 0.6 is 11.6 Å². The van der Waals surface area contributed by atoms with Gasteiger partial charge in [0.15, 0.2) is 0 Å². The first kappa shape index (κ1) is 23.3. The highest BCUT2D eigenvalue weighted by Gasteiger charge is 2.47. The summed E-state index contributed by atoms with van der Waals surface area (Å²) in [5.74, 6) is -0.367. The van der Waals surface area contributed by atoms with Crippen LogP contribution in [0.15, 0.2) is 54.6 Å². The van der Waals surface area contributed by atoms with E-state index in [0.717, 1.165) is 16.5 Å². The van der Waals surface area contributed by atoms with E-state index in [4.69, 9.17) is 16.3 Å². The molecule has 2 aromatic carbocycles. The fraction of sp³-hybridized carbons (Fsp3) is 0.385. The van der Waals surface area contributed by atoms with Crippen molar-refractivity contribution in [2.45, 2.75) is 51.9 Å². The van der Waals surface area contributed by atoms with Crippen LogP contribution in [0.2, 0.25) is 5.02 Å². The monoisotopic (exact) mass is 467 g/mol. The number of hydrogen-bond acceptors (Lipinski definition) is 3. The van der Waals surface area contributed by atoms with E-state index in [2.05, 4.69) is 5.32 Å². The topological polar surface area (TPSA) is 63.6 Å². The molecule has 1 N–H and O–H groups in total. The van der Waals surface area contributed by atoms with E-state index in [-0.39, 0.29) is 24.5 Å². The van der Waals surface area contributed by atoms with Crippen LogP contribution in [0.4, 0.5) is 0 Å². The van der Waals surface area contributed by atoms with E-state index in [1.54, 1.807) is 11.0 Å². The van der Waals surface area contributed by atoms with Gasteiger partial charge in [-0.15, -0.1) is 0 Å². The first-order valence-corrected chi connectivity index (χ1v) is 11.7. The molecule has 0 aliphatic carbocycles. The van der Waals surface area contributed by atoms with Gasteiger partial charge in [0.25, 0.3) is 5.91 Å². The Morgan fingerprint density at radius 2 is 1.91 bits per heavy atom. The van der Waals surface area contributed by atoms with Gasteiger partial charge in [0.1, 0.15) is 11.2 Å². The van der Waals surface area contributed by atoms with E-state index in [0.29, 0.717) is 36.8 Å². The first-order chi connectivity index (χ1) is 15.8. The minimum absolute atomic E-state index is 0.153. The van der Waals surface area contributed by atoms with Crippen LogP contribution in [-0.4, -0.2) is 46.1 Å². The number of amides is 2. The van der Waals surface area contributed by atoms with E-state index in [9.17, 15) is 9.59 Å². The number of carbonyl (C=O) groups is 2. The highest BCUT2D eigenvalue weighted by molar-refractivity contribution is 6.31. The number of ether oxygens (including phenoxy) is 1. The summed E-state index contributed by atoms with van der Waals surface area (Å²) in [4.78, 5) is 28.9.